The van der Waals surface area contributed by atoms with Crippen LogP contribution in [-0.2, 0) is 9.53 Å². The zero-order valence-electron chi connectivity index (χ0n) is 12.5. The van der Waals surface area contributed by atoms with Crippen molar-refractivity contribution >= 4 is 12.1 Å². The first kappa shape index (κ1) is 17.7. The van der Waals surface area contributed by atoms with E-state index in [9.17, 15) is 19.8 Å². The Hall–Kier alpha value is -1.30. The fourth-order valence-corrected chi connectivity index (χ4v) is 1.84. The molecule has 0 aromatic carbocycles. The van der Waals surface area contributed by atoms with Gasteiger partial charge in [0.05, 0.1) is 18.6 Å². The quantitative estimate of drug-likeness (QED) is 0.724. The van der Waals surface area contributed by atoms with E-state index in [-0.39, 0.29) is 0 Å². The fourth-order valence-electron chi connectivity index (χ4n) is 1.84. The number of alkyl carbamates (subject to hydrolysis) is 1. The van der Waals surface area contributed by atoms with Crippen molar-refractivity contribution in [3.63, 3.8) is 0 Å². The van der Waals surface area contributed by atoms with Crippen molar-refractivity contribution < 1.29 is 24.5 Å². The highest BCUT2D eigenvalue weighted by atomic mass is 16.6. The molecule has 1 unspecified atom stereocenters. The van der Waals surface area contributed by atoms with Crippen molar-refractivity contribution in [2.24, 2.45) is 11.3 Å². The maximum absolute atomic E-state index is 11.6. The van der Waals surface area contributed by atoms with Crippen molar-refractivity contribution in [2.45, 2.75) is 53.2 Å². The van der Waals surface area contributed by atoms with Crippen LogP contribution in [0.15, 0.2) is 0 Å². The Labute approximate surface area is 114 Å². The van der Waals surface area contributed by atoms with Gasteiger partial charge in [-0.1, -0.05) is 20.8 Å². The molecule has 3 N–H and O–H groups in total. The lowest BCUT2D eigenvalue weighted by molar-refractivity contribution is -0.147. The van der Waals surface area contributed by atoms with E-state index in [1.54, 1.807) is 41.5 Å². The molecular weight excluding hydrogens is 250 g/mol. The van der Waals surface area contributed by atoms with E-state index >= 15 is 0 Å². The van der Waals surface area contributed by atoms with E-state index in [2.05, 4.69) is 5.32 Å². The summed E-state index contributed by atoms with van der Waals surface area (Å²) in [6.07, 6.45) is -0.734. The molecule has 0 saturated carbocycles. The summed E-state index contributed by atoms with van der Waals surface area (Å²) < 4.78 is 5.06. The van der Waals surface area contributed by atoms with Crippen LogP contribution in [0.5, 0.6) is 0 Å². The molecule has 0 rings (SSSR count). The SMILES string of the molecule is CC(C)(C)OC(=O)N[C@H](CO)C(C(=O)O)C(C)(C)C. The number of aliphatic hydroxyl groups excluding tert-OH is 1. The average Bonchev–Trinajstić information content (AvgIpc) is 2.10. The maximum atomic E-state index is 11.6. The van der Waals surface area contributed by atoms with E-state index in [1.165, 1.54) is 0 Å². The number of rotatable bonds is 4. The molecule has 2 atom stereocenters. The van der Waals surface area contributed by atoms with Gasteiger partial charge < -0.3 is 20.3 Å². The van der Waals surface area contributed by atoms with Gasteiger partial charge in [0.2, 0.25) is 0 Å². The molecule has 0 aliphatic rings. The summed E-state index contributed by atoms with van der Waals surface area (Å²) in [5.41, 5.74) is -1.28. The van der Waals surface area contributed by atoms with E-state index in [1.807, 2.05) is 0 Å². The molecular formula is C13H25NO5. The smallest absolute Gasteiger partial charge is 0.407 e. The van der Waals surface area contributed by atoms with Gasteiger partial charge in [-0.3, -0.25) is 4.79 Å². The summed E-state index contributed by atoms with van der Waals surface area (Å²) in [5, 5.41) is 21.0. The van der Waals surface area contributed by atoms with Crippen LogP contribution in [0.4, 0.5) is 4.79 Å². The molecule has 1 amide bonds. The number of hydrogen-bond acceptors (Lipinski definition) is 4. The summed E-state index contributed by atoms with van der Waals surface area (Å²) in [7, 11) is 0. The zero-order valence-corrected chi connectivity index (χ0v) is 12.5. The predicted octanol–water partition coefficient (Wildman–Crippen LogP) is 1.62. The van der Waals surface area contributed by atoms with Crippen molar-refractivity contribution in [3.05, 3.63) is 0 Å². The van der Waals surface area contributed by atoms with Crippen molar-refractivity contribution in [1.82, 2.24) is 5.32 Å². The van der Waals surface area contributed by atoms with Gasteiger partial charge in [-0.15, -0.1) is 0 Å². The van der Waals surface area contributed by atoms with Gasteiger partial charge in [-0.05, 0) is 26.2 Å². The highest BCUT2D eigenvalue weighted by molar-refractivity contribution is 5.74. The Balaban J connectivity index is 4.90. The molecule has 0 aromatic rings. The lowest BCUT2D eigenvalue weighted by Gasteiger charge is -2.33. The third kappa shape index (κ3) is 6.42. The number of carboxylic acids is 1. The van der Waals surface area contributed by atoms with Gasteiger partial charge in [0.1, 0.15) is 5.60 Å². The minimum Gasteiger partial charge on any atom is -0.481 e. The molecule has 6 heteroatoms. The van der Waals surface area contributed by atoms with Crippen LogP contribution in [0, 0.1) is 11.3 Å². The molecule has 0 saturated heterocycles. The topological polar surface area (TPSA) is 95.9 Å². The van der Waals surface area contributed by atoms with Crippen LogP contribution in [-0.4, -0.2) is 40.5 Å². The minimum absolute atomic E-state index is 0.465. The minimum atomic E-state index is -1.07. The Morgan fingerprint density at radius 2 is 1.63 bits per heavy atom. The molecule has 19 heavy (non-hydrogen) atoms. The average molecular weight is 275 g/mol. The summed E-state index contributed by atoms with van der Waals surface area (Å²) in [6, 6.07) is -0.896. The lowest BCUT2D eigenvalue weighted by Crippen LogP contribution is -2.51. The number of carboxylic acid groups (broad SMARTS) is 1. The Morgan fingerprint density at radius 3 is 1.89 bits per heavy atom. The van der Waals surface area contributed by atoms with Crippen molar-refractivity contribution in [2.75, 3.05) is 6.61 Å². The second kappa shape index (κ2) is 6.23. The van der Waals surface area contributed by atoms with E-state index in [0.29, 0.717) is 0 Å². The van der Waals surface area contributed by atoms with Crippen LogP contribution in [0.1, 0.15) is 41.5 Å². The molecule has 112 valence electrons. The highest BCUT2D eigenvalue weighted by Gasteiger charge is 2.39. The molecule has 6 nitrogen and oxygen atoms in total. The van der Waals surface area contributed by atoms with Gasteiger partial charge >= 0.3 is 12.1 Å². The normalized spacial score (nSPS) is 15.5. The van der Waals surface area contributed by atoms with E-state index < -0.39 is 41.6 Å². The maximum Gasteiger partial charge on any atom is 0.407 e. The van der Waals surface area contributed by atoms with Gasteiger partial charge in [-0.2, -0.15) is 0 Å². The molecule has 0 radical (unpaired) electrons. The van der Waals surface area contributed by atoms with E-state index in [0.717, 1.165) is 0 Å². The van der Waals surface area contributed by atoms with Gasteiger partial charge in [0.15, 0.2) is 0 Å². The molecule has 0 spiro atoms. The molecule has 0 aliphatic heterocycles. The Bertz CT molecular complexity index is 327. The Kier molecular flexibility index (Phi) is 5.81. The largest absolute Gasteiger partial charge is 0.481 e. The fraction of sp³-hybridized carbons (Fsp3) is 0.846. The third-order valence-corrected chi connectivity index (χ3v) is 2.50. The summed E-state index contributed by atoms with van der Waals surface area (Å²) in [4.78, 5) is 23.0. The van der Waals surface area contributed by atoms with Crippen LogP contribution in [0.2, 0.25) is 0 Å². The van der Waals surface area contributed by atoms with Gasteiger partial charge in [-0.25, -0.2) is 4.79 Å². The number of carbonyl (C=O) groups excluding carboxylic acids is 1. The standard InChI is InChI=1S/C13H25NO5/c1-12(2,3)9(10(16)17)8(7-15)14-11(18)19-13(4,5)6/h8-9,15H,7H2,1-6H3,(H,14,18)(H,16,17)/t8-,9?/m1/s1. The number of aliphatic carboxylic acids is 1. The molecule has 0 aromatic heterocycles. The van der Waals surface area contributed by atoms with Crippen LogP contribution in [0.3, 0.4) is 0 Å². The third-order valence-electron chi connectivity index (χ3n) is 2.50. The summed E-state index contributed by atoms with van der Waals surface area (Å²) in [5.74, 6) is -1.98. The first-order chi connectivity index (χ1) is 8.38. The second-order valence-electron chi connectivity index (χ2n) is 6.62. The van der Waals surface area contributed by atoms with Crippen molar-refractivity contribution in [3.8, 4) is 0 Å². The molecule has 0 heterocycles. The molecule has 0 fully saturated rings. The Morgan fingerprint density at radius 1 is 1.16 bits per heavy atom. The number of nitrogens with one attached hydrogen (secondary N) is 1. The number of carbonyl (C=O) groups is 2. The first-order valence-electron chi connectivity index (χ1n) is 6.21. The molecule has 0 aliphatic carbocycles. The van der Waals surface area contributed by atoms with Crippen molar-refractivity contribution in [1.29, 1.82) is 0 Å². The lowest BCUT2D eigenvalue weighted by atomic mass is 9.76. The van der Waals surface area contributed by atoms with Crippen LogP contribution < -0.4 is 5.32 Å². The number of amides is 1. The van der Waals surface area contributed by atoms with E-state index in [4.69, 9.17) is 4.74 Å². The van der Waals surface area contributed by atoms with Gasteiger partial charge in [0.25, 0.3) is 0 Å². The van der Waals surface area contributed by atoms with Gasteiger partial charge in [0, 0.05) is 0 Å². The summed E-state index contributed by atoms with van der Waals surface area (Å²) >= 11 is 0. The predicted molar refractivity (Wildman–Crippen MR) is 70.8 cm³/mol. The summed E-state index contributed by atoms with van der Waals surface area (Å²) in [6.45, 7) is 9.88. The first-order valence-corrected chi connectivity index (χ1v) is 6.21. The van der Waals surface area contributed by atoms with Crippen LogP contribution >= 0.6 is 0 Å². The number of aliphatic hydroxyl groups is 1. The zero-order chi connectivity index (χ0) is 15.4. The number of ether oxygens (including phenoxy) is 1. The highest BCUT2D eigenvalue weighted by Crippen LogP contribution is 2.29. The monoisotopic (exact) mass is 275 g/mol. The molecule has 0 bridgehead atoms. The second-order valence-corrected chi connectivity index (χ2v) is 6.62. The van der Waals surface area contributed by atoms with Crippen LogP contribution in [0.25, 0.3) is 0 Å². The number of hydrogen-bond donors (Lipinski definition) is 3.